The first kappa shape index (κ1) is 14.3. The molecule has 0 aromatic heterocycles. The molecule has 0 aliphatic rings. The summed E-state index contributed by atoms with van der Waals surface area (Å²) in [5, 5.41) is 10.4. The van der Waals surface area contributed by atoms with Gasteiger partial charge in [-0.25, -0.2) is 4.79 Å². The van der Waals surface area contributed by atoms with E-state index in [-0.39, 0.29) is 18.5 Å². The maximum absolute atomic E-state index is 12.7. The van der Waals surface area contributed by atoms with Crippen molar-refractivity contribution in [3.8, 4) is 0 Å². The third kappa shape index (κ3) is 3.92. The summed E-state index contributed by atoms with van der Waals surface area (Å²) < 4.78 is 38.1. The quantitative estimate of drug-likeness (QED) is 0.779. The van der Waals surface area contributed by atoms with Crippen LogP contribution in [-0.2, 0) is 6.18 Å². The van der Waals surface area contributed by atoms with Gasteiger partial charge in [0, 0.05) is 12.6 Å². The highest BCUT2D eigenvalue weighted by Crippen LogP contribution is 2.34. The number of rotatable bonds is 4. The normalized spacial score (nSPS) is 13.1. The first-order valence-corrected chi connectivity index (χ1v) is 5.21. The minimum atomic E-state index is -4.46. The lowest BCUT2D eigenvalue weighted by molar-refractivity contribution is -0.138. The first-order chi connectivity index (χ1) is 8.32. The van der Waals surface area contributed by atoms with Crippen LogP contribution < -0.4 is 11.1 Å². The van der Waals surface area contributed by atoms with Crippen LogP contribution in [0.3, 0.4) is 0 Å². The molecule has 0 unspecified atom stereocenters. The Hall–Kier alpha value is -1.76. The standard InChI is InChI=1S/C11H13F3N2O2/c12-11(13,14)8-4-2-1-3-7(8)9(15)5-6-16-10(17)18/h1-4,9,16H,5-6,15H2,(H,17,18)/t9-/m0/s1. The molecule has 100 valence electrons. The highest BCUT2D eigenvalue weighted by Gasteiger charge is 2.34. The highest BCUT2D eigenvalue weighted by molar-refractivity contribution is 5.64. The van der Waals surface area contributed by atoms with E-state index >= 15 is 0 Å². The highest BCUT2D eigenvalue weighted by atomic mass is 19.4. The molecule has 1 amide bonds. The Morgan fingerprint density at radius 2 is 2.00 bits per heavy atom. The molecule has 1 aromatic rings. The number of hydrogen-bond acceptors (Lipinski definition) is 2. The minimum absolute atomic E-state index is 0.00267. The molecule has 4 N–H and O–H groups in total. The van der Waals surface area contributed by atoms with Crippen molar-refractivity contribution < 1.29 is 23.1 Å². The second kappa shape index (κ2) is 5.72. The van der Waals surface area contributed by atoms with Crippen LogP contribution in [0.2, 0.25) is 0 Å². The van der Waals surface area contributed by atoms with Gasteiger partial charge in [0.2, 0.25) is 0 Å². The first-order valence-electron chi connectivity index (χ1n) is 5.21. The van der Waals surface area contributed by atoms with E-state index in [0.29, 0.717) is 0 Å². The van der Waals surface area contributed by atoms with Crippen LogP contribution in [0, 0.1) is 0 Å². The largest absolute Gasteiger partial charge is 0.465 e. The third-order valence-electron chi connectivity index (χ3n) is 2.40. The van der Waals surface area contributed by atoms with Crippen LogP contribution >= 0.6 is 0 Å². The zero-order valence-electron chi connectivity index (χ0n) is 9.37. The molecule has 1 aromatic carbocycles. The molecular weight excluding hydrogens is 249 g/mol. The molecule has 0 aliphatic heterocycles. The Morgan fingerprint density at radius 3 is 2.56 bits per heavy atom. The fourth-order valence-electron chi connectivity index (χ4n) is 1.57. The molecule has 7 heteroatoms. The molecule has 18 heavy (non-hydrogen) atoms. The van der Waals surface area contributed by atoms with Gasteiger partial charge in [0.15, 0.2) is 0 Å². The predicted molar refractivity (Wildman–Crippen MR) is 59.0 cm³/mol. The maximum atomic E-state index is 12.7. The summed E-state index contributed by atoms with van der Waals surface area (Å²) in [4.78, 5) is 10.2. The van der Waals surface area contributed by atoms with Crippen molar-refractivity contribution >= 4 is 6.09 Å². The number of benzene rings is 1. The monoisotopic (exact) mass is 262 g/mol. The molecular formula is C11H13F3N2O2. The summed E-state index contributed by atoms with van der Waals surface area (Å²) in [5.41, 5.74) is 4.83. The maximum Gasteiger partial charge on any atom is 0.416 e. The van der Waals surface area contributed by atoms with Gasteiger partial charge in [-0.3, -0.25) is 0 Å². The molecule has 0 saturated carbocycles. The second-order valence-corrected chi connectivity index (χ2v) is 3.71. The molecule has 0 heterocycles. The van der Waals surface area contributed by atoms with Gasteiger partial charge in [0.25, 0.3) is 0 Å². The van der Waals surface area contributed by atoms with Crippen LogP contribution in [0.4, 0.5) is 18.0 Å². The average Bonchev–Trinajstić information content (AvgIpc) is 2.27. The fraction of sp³-hybridized carbons (Fsp3) is 0.364. The lowest BCUT2D eigenvalue weighted by Crippen LogP contribution is -2.26. The van der Waals surface area contributed by atoms with E-state index < -0.39 is 23.9 Å². The van der Waals surface area contributed by atoms with Crippen molar-refractivity contribution in [2.45, 2.75) is 18.6 Å². The van der Waals surface area contributed by atoms with Gasteiger partial charge in [0.05, 0.1) is 5.56 Å². The number of alkyl halides is 3. The molecule has 0 radical (unpaired) electrons. The Balaban J connectivity index is 2.79. The zero-order valence-corrected chi connectivity index (χ0v) is 9.37. The number of halogens is 3. The van der Waals surface area contributed by atoms with Gasteiger partial charge in [-0.15, -0.1) is 0 Å². The summed E-state index contributed by atoms with van der Waals surface area (Å²) in [6.45, 7) is 0.00267. The van der Waals surface area contributed by atoms with Crippen LogP contribution in [0.15, 0.2) is 24.3 Å². The number of amides is 1. The summed E-state index contributed by atoms with van der Waals surface area (Å²) in [7, 11) is 0. The predicted octanol–water partition coefficient (Wildman–Crippen LogP) is 2.36. The second-order valence-electron chi connectivity index (χ2n) is 3.71. The Bertz CT molecular complexity index is 421. The van der Waals surface area contributed by atoms with Gasteiger partial charge in [-0.2, -0.15) is 13.2 Å². The molecule has 0 spiro atoms. The number of nitrogens with one attached hydrogen (secondary N) is 1. The van der Waals surface area contributed by atoms with E-state index in [2.05, 4.69) is 5.32 Å². The Kier molecular flexibility index (Phi) is 4.55. The molecule has 0 saturated heterocycles. The minimum Gasteiger partial charge on any atom is -0.465 e. The Labute approximate surface area is 102 Å². The molecule has 0 bridgehead atoms. The summed E-state index contributed by atoms with van der Waals surface area (Å²) >= 11 is 0. The number of carbonyl (C=O) groups is 1. The van der Waals surface area contributed by atoms with Crippen molar-refractivity contribution in [2.24, 2.45) is 5.73 Å². The summed E-state index contributed by atoms with van der Waals surface area (Å²) in [6, 6.07) is 4.15. The smallest absolute Gasteiger partial charge is 0.416 e. The van der Waals surface area contributed by atoms with E-state index in [4.69, 9.17) is 10.8 Å². The topological polar surface area (TPSA) is 75.3 Å². The molecule has 1 rings (SSSR count). The van der Waals surface area contributed by atoms with Gasteiger partial charge in [0.1, 0.15) is 0 Å². The van der Waals surface area contributed by atoms with Crippen molar-refractivity contribution in [3.05, 3.63) is 35.4 Å². The third-order valence-corrected chi connectivity index (χ3v) is 2.40. The summed E-state index contributed by atoms with van der Waals surface area (Å²) in [5.74, 6) is 0. The van der Waals surface area contributed by atoms with Gasteiger partial charge < -0.3 is 16.2 Å². The van der Waals surface area contributed by atoms with Gasteiger partial charge >= 0.3 is 12.3 Å². The lowest BCUT2D eigenvalue weighted by atomic mass is 9.98. The lowest BCUT2D eigenvalue weighted by Gasteiger charge is -2.18. The van der Waals surface area contributed by atoms with Crippen LogP contribution in [0.1, 0.15) is 23.6 Å². The molecule has 4 nitrogen and oxygen atoms in total. The molecule has 1 atom stereocenters. The SMILES string of the molecule is N[C@@H](CCNC(=O)O)c1ccccc1C(F)(F)F. The van der Waals surface area contributed by atoms with Gasteiger partial charge in [-0.05, 0) is 18.1 Å². The van der Waals surface area contributed by atoms with Crippen molar-refractivity contribution in [1.29, 1.82) is 0 Å². The Morgan fingerprint density at radius 1 is 1.39 bits per heavy atom. The van der Waals surface area contributed by atoms with E-state index in [1.165, 1.54) is 18.2 Å². The van der Waals surface area contributed by atoms with Crippen LogP contribution in [0.25, 0.3) is 0 Å². The number of hydrogen-bond donors (Lipinski definition) is 3. The average molecular weight is 262 g/mol. The fourth-order valence-corrected chi connectivity index (χ4v) is 1.57. The van der Waals surface area contributed by atoms with Gasteiger partial charge in [-0.1, -0.05) is 18.2 Å². The molecule has 0 fully saturated rings. The zero-order chi connectivity index (χ0) is 13.8. The van der Waals surface area contributed by atoms with E-state index in [9.17, 15) is 18.0 Å². The van der Waals surface area contributed by atoms with Crippen LogP contribution in [-0.4, -0.2) is 17.7 Å². The molecule has 0 aliphatic carbocycles. The number of nitrogens with two attached hydrogens (primary N) is 1. The van der Waals surface area contributed by atoms with E-state index in [0.717, 1.165) is 6.07 Å². The van der Waals surface area contributed by atoms with E-state index in [1.54, 1.807) is 0 Å². The van der Waals surface area contributed by atoms with Crippen molar-refractivity contribution in [2.75, 3.05) is 6.54 Å². The van der Waals surface area contributed by atoms with Crippen molar-refractivity contribution in [1.82, 2.24) is 5.32 Å². The number of carboxylic acid groups (broad SMARTS) is 1. The van der Waals surface area contributed by atoms with Crippen LogP contribution in [0.5, 0.6) is 0 Å². The van der Waals surface area contributed by atoms with E-state index in [1.807, 2.05) is 0 Å². The van der Waals surface area contributed by atoms with Crippen molar-refractivity contribution in [3.63, 3.8) is 0 Å². The summed E-state index contributed by atoms with van der Waals surface area (Å²) in [6.07, 6.45) is -5.60.